The normalized spacial score (nSPS) is 12.4. The lowest BCUT2D eigenvalue weighted by atomic mass is 10.0. The van der Waals surface area contributed by atoms with Gasteiger partial charge in [-0.1, -0.05) is 78.9 Å². The summed E-state index contributed by atoms with van der Waals surface area (Å²) in [5.74, 6) is 0.848. The van der Waals surface area contributed by atoms with Crippen molar-refractivity contribution in [3.8, 4) is 17.1 Å². The molecule has 0 aliphatic rings. The van der Waals surface area contributed by atoms with Crippen LogP contribution in [0, 0.1) is 0 Å². The smallest absolute Gasteiger partial charge is 0.165 e. The van der Waals surface area contributed by atoms with Crippen LogP contribution in [0.3, 0.4) is 0 Å². The predicted octanol–water partition coefficient (Wildman–Crippen LogP) is 12.2. The summed E-state index contributed by atoms with van der Waals surface area (Å²) in [4.78, 5) is 10.8. The number of para-hydroxylation sites is 2. The van der Waals surface area contributed by atoms with Gasteiger partial charge in [0.05, 0.1) is 22.1 Å². The zero-order chi connectivity index (χ0) is 30.4. The minimum atomic E-state index is 0.848. The molecular formula is C41H25N3S2. The topological polar surface area (TPSA) is 30.7 Å². The maximum atomic E-state index is 5.44. The van der Waals surface area contributed by atoms with Crippen molar-refractivity contribution in [2.75, 3.05) is 0 Å². The monoisotopic (exact) mass is 623 g/mol. The first-order valence-corrected chi connectivity index (χ1v) is 17.1. The molecule has 3 nitrogen and oxygen atoms in total. The van der Waals surface area contributed by atoms with Gasteiger partial charge in [-0.2, -0.15) is 0 Å². The molecule has 0 unspecified atom stereocenters. The van der Waals surface area contributed by atoms with Crippen LogP contribution in [0.2, 0.25) is 0 Å². The first-order chi connectivity index (χ1) is 22.7. The summed E-state index contributed by atoms with van der Waals surface area (Å²) >= 11 is 3.68. The van der Waals surface area contributed by atoms with E-state index in [1.165, 1.54) is 56.7 Å². The Labute approximate surface area is 272 Å². The predicted molar refractivity (Wildman–Crippen MR) is 200 cm³/mol. The molecule has 0 amide bonds. The van der Waals surface area contributed by atoms with Crippen LogP contribution in [0.25, 0.3) is 96.3 Å². The summed E-state index contributed by atoms with van der Waals surface area (Å²) in [5.41, 5.74) is 7.21. The molecule has 6 aromatic carbocycles. The third kappa shape index (κ3) is 3.70. The Kier molecular flexibility index (Phi) is 5.53. The van der Waals surface area contributed by atoms with Crippen LogP contribution in [0.1, 0.15) is 12.5 Å². The van der Waals surface area contributed by atoms with Crippen molar-refractivity contribution in [3.63, 3.8) is 0 Å². The van der Waals surface area contributed by atoms with Crippen molar-refractivity contribution in [2.24, 2.45) is 0 Å². The molecule has 0 spiro atoms. The highest BCUT2D eigenvalue weighted by Gasteiger charge is 2.23. The Morgan fingerprint density at radius 1 is 0.543 bits per heavy atom. The molecule has 0 fully saturated rings. The zero-order valence-corrected chi connectivity index (χ0v) is 26.5. The highest BCUT2D eigenvalue weighted by molar-refractivity contribution is 7.26. The van der Waals surface area contributed by atoms with E-state index in [1.54, 1.807) is 0 Å². The molecule has 4 heterocycles. The fraction of sp³-hybridized carbons (Fsp3) is 0.0244. The third-order valence-corrected chi connectivity index (χ3v) is 11.3. The molecule has 10 aromatic rings. The standard InChI is InChI=1S/C41H25N3S2/c1-2-10-24-19-20-33-28(21-24)29-22-30-25-11-3-7-16-35(25)46-38(30)23-34(29)44(33)41-40(42-31-14-5-6-15-32(31)43-41)27-13-9-18-37-39(27)26-12-4-8-17-36(26)45-37/h2-23H,1H3/b10-2+. The van der Waals surface area contributed by atoms with Crippen LogP contribution >= 0.6 is 22.7 Å². The largest absolute Gasteiger partial charge is 0.292 e. The van der Waals surface area contributed by atoms with Crippen molar-refractivity contribution in [2.45, 2.75) is 6.92 Å². The molecule has 0 bridgehead atoms. The van der Waals surface area contributed by atoms with Crippen molar-refractivity contribution >= 4 is 102 Å². The first-order valence-electron chi connectivity index (χ1n) is 15.4. The molecular weight excluding hydrogens is 599 g/mol. The fourth-order valence-corrected chi connectivity index (χ4v) is 9.33. The van der Waals surface area contributed by atoms with E-state index in [2.05, 4.69) is 133 Å². The van der Waals surface area contributed by atoms with E-state index in [9.17, 15) is 0 Å². The molecule has 0 saturated carbocycles. The molecule has 216 valence electrons. The minimum Gasteiger partial charge on any atom is -0.292 e. The average Bonchev–Trinajstić information content (AvgIpc) is 3.76. The van der Waals surface area contributed by atoms with Gasteiger partial charge in [0.25, 0.3) is 0 Å². The number of hydrogen-bond acceptors (Lipinski definition) is 4. The van der Waals surface area contributed by atoms with Crippen LogP contribution in [-0.4, -0.2) is 14.5 Å². The van der Waals surface area contributed by atoms with E-state index < -0.39 is 0 Å². The zero-order valence-electron chi connectivity index (χ0n) is 24.9. The maximum Gasteiger partial charge on any atom is 0.165 e. The van der Waals surface area contributed by atoms with E-state index >= 15 is 0 Å². The lowest BCUT2D eigenvalue weighted by Gasteiger charge is -2.15. The summed E-state index contributed by atoms with van der Waals surface area (Å²) in [5, 5.41) is 7.52. The van der Waals surface area contributed by atoms with Crippen molar-refractivity contribution < 1.29 is 0 Å². The van der Waals surface area contributed by atoms with Crippen LogP contribution in [0.4, 0.5) is 0 Å². The third-order valence-electron chi connectivity index (χ3n) is 9.07. The summed E-state index contributed by atoms with van der Waals surface area (Å²) in [6.07, 6.45) is 4.27. The van der Waals surface area contributed by atoms with Crippen LogP contribution in [0.15, 0.2) is 127 Å². The molecule has 0 atom stereocenters. The quantitative estimate of drug-likeness (QED) is 0.196. The first kappa shape index (κ1) is 25.9. The molecule has 4 aromatic heterocycles. The molecule has 46 heavy (non-hydrogen) atoms. The van der Waals surface area contributed by atoms with Crippen LogP contribution in [0.5, 0.6) is 0 Å². The van der Waals surface area contributed by atoms with Gasteiger partial charge in [-0.15, -0.1) is 22.7 Å². The van der Waals surface area contributed by atoms with E-state index in [1.807, 2.05) is 34.8 Å². The second-order valence-electron chi connectivity index (χ2n) is 11.7. The minimum absolute atomic E-state index is 0.848. The van der Waals surface area contributed by atoms with Gasteiger partial charge in [0.2, 0.25) is 0 Å². The van der Waals surface area contributed by atoms with E-state index in [-0.39, 0.29) is 0 Å². The van der Waals surface area contributed by atoms with Gasteiger partial charge in [0.15, 0.2) is 5.82 Å². The van der Waals surface area contributed by atoms with Crippen LogP contribution < -0.4 is 0 Å². The van der Waals surface area contributed by atoms with Gasteiger partial charge in [-0.3, -0.25) is 4.57 Å². The fourth-order valence-electron chi connectivity index (χ4n) is 7.08. The Morgan fingerprint density at radius 3 is 2.09 bits per heavy atom. The molecule has 10 rings (SSSR count). The number of rotatable bonds is 3. The number of nitrogens with zero attached hydrogens (tertiary/aromatic N) is 3. The van der Waals surface area contributed by atoms with Gasteiger partial charge in [-0.25, -0.2) is 9.97 Å². The second kappa shape index (κ2) is 9.82. The number of aromatic nitrogens is 3. The van der Waals surface area contributed by atoms with Gasteiger partial charge in [0.1, 0.15) is 5.69 Å². The molecule has 5 heteroatoms. The lowest BCUT2D eigenvalue weighted by molar-refractivity contribution is 1.08. The summed E-state index contributed by atoms with van der Waals surface area (Å²) < 4.78 is 7.46. The molecule has 0 radical (unpaired) electrons. The highest BCUT2D eigenvalue weighted by Crippen LogP contribution is 2.44. The molecule has 0 aliphatic carbocycles. The number of hydrogen-bond donors (Lipinski definition) is 0. The van der Waals surface area contributed by atoms with E-state index in [0.29, 0.717) is 0 Å². The SMILES string of the molecule is C/C=C/c1ccc2c(c1)c1cc3c(cc1n2-c1nc2ccccc2nc1-c1cccc2sc4ccccc4c12)sc1ccccc13. The van der Waals surface area contributed by atoms with Crippen molar-refractivity contribution in [1.29, 1.82) is 0 Å². The maximum absolute atomic E-state index is 5.44. The van der Waals surface area contributed by atoms with Crippen LogP contribution in [-0.2, 0) is 0 Å². The Bertz CT molecular complexity index is 2880. The molecule has 0 N–H and O–H groups in total. The number of benzene rings is 6. The van der Waals surface area contributed by atoms with Gasteiger partial charge >= 0.3 is 0 Å². The van der Waals surface area contributed by atoms with Crippen molar-refractivity contribution in [3.05, 3.63) is 133 Å². The van der Waals surface area contributed by atoms with Gasteiger partial charge < -0.3 is 0 Å². The Balaban J connectivity index is 1.39. The second-order valence-corrected chi connectivity index (χ2v) is 13.9. The Morgan fingerprint density at radius 2 is 1.24 bits per heavy atom. The van der Waals surface area contributed by atoms with Gasteiger partial charge in [0, 0.05) is 56.7 Å². The molecule has 0 aliphatic heterocycles. The number of thiophene rings is 2. The highest BCUT2D eigenvalue weighted by atomic mass is 32.1. The summed E-state index contributed by atoms with van der Waals surface area (Å²) in [6.45, 7) is 2.07. The molecule has 0 saturated heterocycles. The average molecular weight is 624 g/mol. The number of allylic oxidation sites excluding steroid dienone is 1. The Hall–Kier alpha value is -5.36. The van der Waals surface area contributed by atoms with Gasteiger partial charge in [-0.05, 0) is 67.1 Å². The van der Waals surface area contributed by atoms with Crippen molar-refractivity contribution in [1.82, 2.24) is 14.5 Å². The van der Waals surface area contributed by atoms with E-state index in [4.69, 9.17) is 9.97 Å². The summed E-state index contributed by atoms with van der Waals surface area (Å²) in [6, 6.07) is 43.8. The summed E-state index contributed by atoms with van der Waals surface area (Å²) in [7, 11) is 0. The van der Waals surface area contributed by atoms with E-state index in [0.717, 1.165) is 39.1 Å². The number of fused-ring (bicyclic) bond motifs is 10. The lowest BCUT2D eigenvalue weighted by Crippen LogP contribution is -2.04.